The number of nitrogens with zero attached hydrogens (tertiary/aromatic N) is 6. The summed E-state index contributed by atoms with van der Waals surface area (Å²) in [6, 6.07) is 3.66. The highest BCUT2D eigenvalue weighted by molar-refractivity contribution is 5.42. The molecule has 0 aliphatic heterocycles. The van der Waals surface area contributed by atoms with Gasteiger partial charge in [-0.3, -0.25) is 0 Å². The number of fused-ring (bicyclic) bond motifs is 1. The Hall–Kier alpha value is -2.51. The number of nitrogens with one attached hydrogen (secondary N) is 2. The van der Waals surface area contributed by atoms with Gasteiger partial charge in [0.15, 0.2) is 5.65 Å². The Morgan fingerprint density at radius 2 is 2.35 bits per heavy atom. The van der Waals surface area contributed by atoms with Crippen molar-refractivity contribution in [3.05, 3.63) is 30.4 Å². The molecular formula is C9H10N8. The van der Waals surface area contributed by atoms with Crippen LogP contribution < -0.4 is 5.32 Å². The largest absolute Gasteiger partial charge is 0.368 e. The fourth-order valence-electron chi connectivity index (χ4n) is 1.49. The Morgan fingerprint density at radius 3 is 3.24 bits per heavy atom. The van der Waals surface area contributed by atoms with Gasteiger partial charge in [0.1, 0.15) is 5.82 Å². The summed E-state index contributed by atoms with van der Waals surface area (Å²) in [6.45, 7) is 0.767. The predicted molar refractivity (Wildman–Crippen MR) is 59.4 cm³/mol. The van der Waals surface area contributed by atoms with Crippen LogP contribution in [0.3, 0.4) is 0 Å². The van der Waals surface area contributed by atoms with Gasteiger partial charge in [-0.25, -0.2) is 4.98 Å². The zero-order valence-corrected chi connectivity index (χ0v) is 8.91. The molecule has 0 aliphatic carbocycles. The number of hydrogen-bond acceptors (Lipinski definition) is 6. The molecule has 0 unspecified atom stereocenters. The number of H-pyrrole nitrogens is 1. The highest BCUT2D eigenvalue weighted by Crippen LogP contribution is 2.03. The van der Waals surface area contributed by atoms with Crippen LogP contribution in [0.5, 0.6) is 0 Å². The Kier molecular flexibility index (Phi) is 2.37. The maximum absolute atomic E-state index is 4.20. The molecule has 0 spiro atoms. The molecule has 0 saturated heterocycles. The molecule has 3 aromatic rings. The molecule has 0 saturated carbocycles. The lowest BCUT2D eigenvalue weighted by Crippen LogP contribution is -2.08. The van der Waals surface area contributed by atoms with Crippen molar-refractivity contribution in [1.82, 2.24) is 35.2 Å². The van der Waals surface area contributed by atoms with Crippen molar-refractivity contribution in [2.24, 2.45) is 0 Å². The molecule has 3 aromatic heterocycles. The number of aromatic nitrogens is 7. The van der Waals surface area contributed by atoms with Crippen molar-refractivity contribution in [3.63, 3.8) is 0 Å². The highest BCUT2D eigenvalue weighted by Gasteiger charge is 2.00. The second-order valence-electron chi connectivity index (χ2n) is 3.50. The van der Waals surface area contributed by atoms with Crippen molar-refractivity contribution >= 4 is 11.5 Å². The first-order chi connectivity index (χ1) is 8.42. The molecule has 3 rings (SSSR count). The molecule has 0 aromatic carbocycles. The van der Waals surface area contributed by atoms with Crippen molar-refractivity contribution in [2.45, 2.75) is 6.42 Å². The normalized spacial score (nSPS) is 10.8. The van der Waals surface area contributed by atoms with Crippen LogP contribution >= 0.6 is 0 Å². The molecule has 3 heterocycles. The molecular weight excluding hydrogens is 220 g/mol. The summed E-state index contributed by atoms with van der Waals surface area (Å²) in [6.07, 6.45) is 4.33. The SMILES string of the molecule is c1ncc(CCNc2ccc3nnnn3n2)[nH]1. The van der Waals surface area contributed by atoms with Crippen LogP contribution in [0.25, 0.3) is 5.65 Å². The van der Waals surface area contributed by atoms with Crippen LogP contribution in [0, 0.1) is 0 Å². The zero-order valence-electron chi connectivity index (χ0n) is 8.91. The maximum atomic E-state index is 4.20. The Labute approximate surface area is 96.1 Å². The number of imidazole rings is 1. The van der Waals surface area contributed by atoms with Crippen molar-refractivity contribution < 1.29 is 0 Å². The fourth-order valence-corrected chi connectivity index (χ4v) is 1.49. The third-order valence-electron chi connectivity index (χ3n) is 2.32. The molecule has 0 radical (unpaired) electrons. The number of rotatable bonds is 4. The van der Waals surface area contributed by atoms with E-state index in [9.17, 15) is 0 Å². The summed E-state index contributed by atoms with van der Waals surface area (Å²) in [5.74, 6) is 0.740. The van der Waals surface area contributed by atoms with Gasteiger partial charge in [0, 0.05) is 24.9 Å². The summed E-state index contributed by atoms with van der Waals surface area (Å²) in [4.78, 5) is 6.99. The topological polar surface area (TPSA) is 96.7 Å². The first-order valence-corrected chi connectivity index (χ1v) is 5.18. The lowest BCUT2D eigenvalue weighted by atomic mass is 10.3. The summed E-state index contributed by atoms with van der Waals surface area (Å²) in [5.41, 5.74) is 1.71. The van der Waals surface area contributed by atoms with Crippen molar-refractivity contribution in [1.29, 1.82) is 0 Å². The molecule has 0 bridgehead atoms. The third kappa shape index (κ3) is 2.05. The van der Waals surface area contributed by atoms with Gasteiger partial charge < -0.3 is 10.3 Å². The van der Waals surface area contributed by atoms with E-state index in [1.54, 1.807) is 12.5 Å². The Bertz CT molecular complexity index is 598. The number of aromatic amines is 1. The van der Waals surface area contributed by atoms with Crippen molar-refractivity contribution in [2.75, 3.05) is 11.9 Å². The van der Waals surface area contributed by atoms with Gasteiger partial charge >= 0.3 is 0 Å². The molecule has 8 nitrogen and oxygen atoms in total. The van der Waals surface area contributed by atoms with E-state index >= 15 is 0 Å². The van der Waals surface area contributed by atoms with Crippen LogP contribution in [-0.2, 0) is 6.42 Å². The van der Waals surface area contributed by atoms with E-state index in [0.717, 1.165) is 24.5 Å². The minimum absolute atomic E-state index is 0.629. The van der Waals surface area contributed by atoms with Gasteiger partial charge in [0.25, 0.3) is 0 Å². The highest BCUT2D eigenvalue weighted by atomic mass is 15.6. The van der Waals surface area contributed by atoms with E-state index in [1.807, 2.05) is 12.1 Å². The van der Waals surface area contributed by atoms with Crippen LogP contribution in [0.1, 0.15) is 5.69 Å². The van der Waals surface area contributed by atoms with Gasteiger partial charge in [-0.15, -0.1) is 14.8 Å². The molecule has 0 fully saturated rings. The van der Waals surface area contributed by atoms with E-state index in [4.69, 9.17) is 0 Å². The third-order valence-corrected chi connectivity index (χ3v) is 2.32. The summed E-state index contributed by atoms with van der Waals surface area (Å²) < 4.78 is 1.39. The van der Waals surface area contributed by atoms with E-state index in [-0.39, 0.29) is 0 Å². The van der Waals surface area contributed by atoms with E-state index in [1.165, 1.54) is 4.63 Å². The smallest absolute Gasteiger partial charge is 0.200 e. The standard InChI is InChI=1S/C9H10N8/c1-2-9-13-15-16-17(9)14-8(1)11-4-3-7-5-10-6-12-7/h1-2,5-6H,3-4H2,(H,10,12)(H,11,14). The number of tetrazole rings is 1. The maximum Gasteiger partial charge on any atom is 0.200 e. The second-order valence-corrected chi connectivity index (χ2v) is 3.50. The van der Waals surface area contributed by atoms with Crippen LogP contribution in [0.2, 0.25) is 0 Å². The van der Waals surface area contributed by atoms with E-state index < -0.39 is 0 Å². The minimum Gasteiger partial charge on any atom is -0.368 e. The van der Waals surface area contributed by atoms with Crippen LogP contribution in [0.4, 0.5) is 5.82 Å². The quantitative estimate of drug-likeness (QED) is 0.649. The summed E-state index contributed by atoms with van der Waals surface area (Å²) in [5, 5.41) is 18.4. The lowest BCUT2D eigenvalue weighted by Gasteiger charge is -2.03. The molecule has 2 N–H and O–H groups in total. The van der Waals surface area contributed by atoms with Crippen LogP contribution in [-0.4, -0.2) is 41.8 Å². The molecule has 0 amide bonds. The monoisotopic (exact) mass is 230 g/mol. The van der Waals surface area contributed by atoms with Gasteiger partial charge in [-0.1, -0.05) is 0 Å². The van der Waals surface area contributed by atoms with Gasteiger partial charge in [-0.05, 0) is 22.6 Å². The molecule has 0 atom stereocenters. The minimum atomic E-state index is 0.629. The second kappa shape index (κ2) is 4.16. The molecule has 0 aliphatic rings. The summed E-state index contributed by atoms with van der Waals surface area (Å²) in [7, 11) is 0. The van der Waals surface area contributed by atoms with Gasteiger partial charge in [-0.2, -0.15) is 0 Å². The predicted octanol–water partition coefficient (Wildman–Crippen LogP) is -0.103. The average molecular weight is 230 g/mol. The molecule has 8 heteroatoms. The zero-order chi connectivity index (χ0) is 11.5. The lowest BCUT2D eigenvalue weighted by molar-refractivity contribution is 0.733. The van der Waals surface area contributed by atoms with Crippen molar-refractivity contribution in [3.8, 4) is 0 Å². The van der Waals surface area contributed by atoms with Gasteiger partial charge in [0.2, 0.25) is 0 Å². The van der Waals surface area contributed by atoms with E-state index in [0.29, 0.717) is 5.65 Å². The molecule has 86 valence electrons. The Balaban J connectivity index is 1.64. The average Bonchev–Trinajstić information content (AvgIpc) is 2.98. The Morgan fingerprint density at radius 1 is 1.35 bits per heavy atom. The number of anilines is 1. The van der Waals surface area contributed by atoms with E-state index in [2.05, 4.69) is 35.9 Å². The van der Waals surface area contributed by atoms with Gasteiger partial charge in [0.05, 0.1) is 6.33 Å². The first kappa shape index (κ1) is 9.70. The molecule has 17 heavy (non-hydrogen) atoms. The summed E-state index contributed by atoms with van der Waals surface area (Å²) >= 11 is 0. The number of hydrogen-bond donors (Lipinski definition) is 2. The van der Waals surface area contributed by atoms with Crippen LogP contribution in [0.15, 0.2) is 24.7 Å². The fraction of sp³-hybridized carbons (Fsp3) is 0.222. The first-order valence-electron chi connectivity index (χ1n) is 5.18.